The van der Waals surface area contributed by atoms with Gasteiger partial charge in [0.25, 0.3) is 0 Å². The van der Waals surface area contributed by atoms with Gasteiger partial charge in [-0.3, -0.25) is 4.79 Å². The molecule has 1 aliphatic carbocycles. The van der Waals surface area contributed by atoms with Crippen LogP contribution in [0.5, 0.6) is 0 Å². The molecule has 2 nitrogen and oxygen atoms in total. The highest BCUT2D eigenvalue weighted by Crippen LogP contribution is 2.27. The zero-order valence-electron chi connectivity index (χ0n) is 8.88. The fourth-order valence-electron chi connectivity index (χ4n) is 1.74. The Bertz CT molecular complexity index is 159. The number of carbonyl (C=O) groups is 1. The average molecular weight is 183 g/mol. The molecule has 1 saturated carbocycles. The van der Waals surface area contributed by atoms with Crippen LogP contribution < -0.4 is 0 Å². The smallest absolute Gasteiger partial charge is 0.137 e. The minimum Gasteiger partial charge on any atom is -0.303 e. The van der Waals surface area contributed by atoms with E-state index in [1.54, 1.807) is 0 Å². The number of hydrogen-bond donors (Lipinski definition) is 0. The Kier molecular flexibility index (Phi) is 4.43. The van der Waals surface area contributed by atoms with E-state index in [0.29, 0.717) is 11.7 Å². The first kappa shape index (κ1) is 10.7. The van der Waals surface area contributed by atoms with Gasteiger partial charge in [-0.2, -0.15) is 0 Å². The van der Waals surface area contributed by atoms with Crippen molar-refractivity contribution in [1.29, 1.82) is 0 Å². The van der Waals surface area contributed by atoms with E-state index >= 15 is 0 Å². The zero-order chi connectivity index (χ0) is 9.68. The van der Waals surface area contributed by atoms with Crippen LogP contribution in [-0.2, 0) is 4.79 Å². The second-order valence-electron chi connectivity index (χ2n) is 3.87. The molecule has 76 valence electrons. The highest BCUT2D eigenvalue weighted by Gasteiger charge is 2.24. The van der Waals surface area contributed by atoms with Gasteiger partial charge in [-0.25, -0.2) is 0 Å². The van der Waals surface area contributed by atoms with Crippen LogP contribution in [0.1, 0.15) is 39.5 Å². The Labute approximate surface area is 81.3 Å². The molecule has 0 saturated heterocycles. The van der Waals surface area contributed by atoms with E-state index in [4.69, 9.17) is 0 Å². The number of nitrogens with zero attached hydrogens (tertiary/aromatic N) is 1. The summed E-state index contributed by atoms with van der Waals surface area (Å²) in [4.78, 5) is 13.9. The molecule has 13 heavy (non-hydrogen) atoms. The first-order valence-corrected chi connectivity index (χ1v) is 5.53. The van der Waals surface area contributed by atoms with Crippen molar-refractivity contribution >= 4 is 5.78 Å². The van der Waals surface area contributed by atoms with Crippen molar-refractivity contribution in [3.8, 4) is 0 Å². The van der Waals surface area contributed by atoms with Crippen molar-refractivity contribution in [3.63, 3.8) is 0 Å². The molecule has 2 heteroatoms. The average Bonchev–Trinajstić information content (AvgIpc) is 2.03. The van der Waals surface area contributed by atoms with E-state index in [2.05, 4.69) is 18.7 Å². The Morgan fingerprint density at radius 3 is 2.31 bits per heavy atom. The lowest BCUT2D eigenvalue weighted by atomic mass is 9.81. The van der Waals surface area contributed by atoms with Crippen LogP contribution in [0.4, 0.5) is 0 Å². The lowest BCUT2D eigenvalue weighted by Crippen LogP contribution is -2.29. The van der Waals surface area contributed by atoms with Gasteiger partial charge in [0.1, 0.15) is 5.78 Å². The summed E-state index contributed by atoms with van der Waals surface area (Å²) in [6.45, 7) is 7.39. The molecule has 0 N–H and O–H groups in total. The largest absolute Gasteiger partial charge is 0.303 e. The van der Waals surface area contributed by atoms with Crippen molar-refractivity contribution < 1.29 is 4.79 Å². The summed E-state index contributed by atoms with van der Waals surface area (Å²) < 4.78 is 0. The predicted molar refractivity (Wildman–Crippen MR) is 54.8 cm³/mol. The molecule has 0 aromatic rings. The molecular formula is C11H21NO. The van der Waals surface area contributed by atoms with Crippen molar-refractivity contribution in [2.24, 2.45) is 5.92 Å². The fourth-order valence-corrected chi connectivity index (χ4v) is 1.74. The van der Waals surface area contributed by atoms with Gasteiger partial charge < -0.3 is 4.90 Å². The third kappa shape index (κ3) is 3.11. The molecule has 0 heterocycles. The van der Waals surface area contributed by atoms with Crippen LogP contribution in [-0.4, -0.2) is 30.3 Å². The summed E-state index contributed by atoms with van der Waals surface area (Å²) in [5, 5.41) is 0. The van der Waals surface area contributed by atoms with E-state index in [9.17, 15) is 4.79 Å². The third-order valence-corrected chi connectivity index (χ3v) is 3.13. The summed E-state index contributed by atoms with van der Waals surface area (Å²) in [6, 6.07) is 0. The van der Waals surface area contributed by atoms with Gasteiger partial charge in [0.05, 0.1) is 0 Å². The van der Waals surface area contributed by atoms with Crippen LogP contribution in [0.3, 0.4) is 0 Å². The number of hydrogen-bond acceptors (Lipinski definition) is 2. The molecule has 1 fully saturated rings. The Morgan fingerprint density at radius 2 is 1.92 bits per heavy atom. The second kappa shape index (κ2) is 5.38. The number of Topliss-reactive ketones (excluding diaryl/α,β-unsaturated/α-hetero) is 1. The molecule has 0 amide bonds. The highest BCUT2D eigenvalue weighted by molar-refractivity contribution is 5.81. The van der Waals surface area contributed by atoms with Gasteiger partial charge in [0.2, 0.25) is 0 Å². The maximum Gasteiger partial charge on any atom is 0.137 e. The van der Waals surface area contributed by atoms with E-state index in [1.807, 2.05) is 0 Å². The van der Waals surface area contributed by atoms with Crippen LogP contribution in [0.25, 0.3) is 0 Å². The molecule has 0 bridgehead atoms. The van der Waals surface area contributed by atoms with Gasteiger partial charge >= 0.3 is 0 Å². The van der Waals surface area contributed by atoms with Gasteiger partial charge in [-0.05, 0) is 25.9 Å². The van der Waals surface area contributed by atoms with Crippen molar-refractivity contribution in [3.05, 3.63) is 0 Å². The van der Waals surface area contributed by atoms with Gasteiger partial charge in [0.15, 0.2) is 0 Å². The standard InChI is InChI=1S/C11H21NO/c1-3-12(4-2)9-8-11(13)10-6-5-7-10/h10H,3-9H2,1-2H3. The van der Waals surface area contributed by atoms with E-state index < -0.39 is 0 Å². The molecule has 1 aliphatic rings. The van der Waals surface area contributed by atoms with Crippen molar-refractivity contribution in [2.75, 3.05) is 19.6 Å². The SMILES string of the molecule is CCN(CC)CCC(=O)C1CCC1. The van der Waals surface area contributed by atoms with E-state index in [0.717, 1.165) is 38.9 Å². The van der Waals surface area contributed by atoms with E-state index in [-0.39, 0.29) is 0 Å². The number of carbonyl (C=O) groups excluding carboxylic acids is 1. The molecule has 0 unspecified atom stereocenters. The Balaban J connectivity index is 2.12. The maximum atomic E-state index is 11.5. The van der Waals surface area contributed by atoms with Crippen molar-refractivity contribution in [2.45, 2.75) is 39.5 Å². The summed E-state index contributed by atoms with van der Waals surface area (Å²) in [5.41, 5.74) is 0. The third-order valence-electron chi connectivity index (χ3n) is 3.13. The molecule has 0 aliphatic heterocycles. The normalized spacial score (nSPS) is 17.5. The lowest BCUT2D eigenvalue weighted by molar-refractivity contribution is -0.125. The second-order valence-corrected chi connectivity index (χ2v) is 3.87. The quantitative estimate of drug-likeness (QED) is 0.628. The maximum absolute atomic E-state index is 11.5. The van der Waals surface area contributed by atoms with Crippen LogP contribution >= 0.6 is 0 Å². The molecule has 0 aromatic carbocycles. The molecule has 0 radical (unpaired) electrons. The molecule has 0 aromatic heterocycles. The molecule has 0 atom stereocenters. The minimum absolute atomic E-state index is 0.426. The van der Waals surface area contributed by atoms with Crippen molar-refractivity contribution in [1.82, 2.24) is 4.90 Å². The highest BCUT2D eigenvalue weighted by atomic mass is 16.1. The van der Waals surface area contributed by atoms with Crippen LogP contribution in [0.15, 0.2) is 0 Å². The van der Waals surface area contributed by atoms with Gasteiger partial charge in [0, 0.05) is 18.9 Å². The monoisotopic (exact) mass is 183 g/mol. The number of rotatable bonds is 6. The minimum atomic E-state index is 0.426. The van der Waals surface area contributed by atoms with Crippen LogP contribution in [0, 0.1) is 5.92 Å². The van der Waals surface area contributed by atoms with Gasteiger partial charge in [-0.1, -0.05) is 20.3 Å². The molecule has 0 spiro atoms. The van der Waals surface area contributed by atoms with Gasteiger partial charge in [-0.15, -0.1) is 0 Å². The summed E-state index contributed by atoms with van der Waals surface area (Å²) >= 11 is 0. The Morgan fingerprint density at radius 1 is 1.31 bits per heavy atom. The first-order valence-electron chi connectivity index (χ1n) is 5.53. The fraction of sp³-hybridized carbons (Fsp3) is 0.909. The Hall–Kier alpha value is -0.370. The topological polar surface area (TPSA) is 20.3 Å². The molecular weight excluding hydrogens is 162 g/mol. The summed E-state index contributed by atoms with van der Waals surface area (Å²) in [5.74, 6) is 0.925. The summed E-state index contributed by atoms with van der Waals surface area (Å²) in [7, 11) is 0. The predicted octanol–water partition coefficient (Wildman–Crippen LogP) is 2.09. The number of ketones is 1. The van der Waals surface area contributed by atoms with Crippen LogP contribution in [0.2, 0.25) is 0 Å². The first-order chi connectivity index (χ1) is 6.27. The van der Waals surface area contributed by atoms with E-state index in [1.165, 1.54) is 6.42 Å². The molecule has 1 rings (SSSR count). The summed E-state index contributed by atoms with van der Waals surface area (Å²) in [6.07, 6.45) is 4.34. The zero-order valence-corrected chi connectivity index (χ0v) is 8.88. The lowest BCUT2D eigenvalue weighted by Gasteiger charge is -2.25.